The highest BCUT2D eigenvalue weighted by atomic mass is 16.6. The molecular weight excluding hydrogens is 410 g/mol. The van der Waals surface area contributed by atoms with Crippen LogP contribution in [0.15, 0.2) is 15.1 Å². The van der Waals surface area contributed by atoms with Crippen molar-refractivity contribution in [3.8, 4) is 0 Å². The zero-order valence-electron chi connectivity index (χ0n) is 20.0. The van der Waals surface area contributed by atoms with Gasteiger partial charge >= 0.3 is 0 Å². The first kappa shape index (κ1) is 28.2. The first-order chi connectivity index (χ1) is 15.5. The molecule has 4 aliphatic rings. The minimum atomic E-state index is 0.228. The average Bonchev–Trinajstić information content (AvgIpc) is 3.73. The van der Waals surface area contributed by atoms with Gasteiger partial charge in [0.1, 0.15) is 0 Å². The number of ether oxygens (including phenoxy) is 2. The molecular formula is C24H41N3O5. The van der Waals surface area contributed by atoms with Crippen LogP contribution in [0.4, 0.5) is 0 Å². The topological polar surface area (TPSA) is 117 Å². The first-order valence-corrected chi connectivity index (χ1v) is 12.0. The molecule has 0 aromatic rings. The Labute approximate surface area is 192 Å². The molecule has 2 saturated heterocycles. The van der Waals surface area contributed by atoms with Crippen LogP contribution in [0, 0.1) is 11.8 Å². The summed E-state index contributed by atoms with van der Waals surface area (Å²) in [5, 5.41) is 10.8. The Balaban J connectivity index is 0.000000316. The van der Waals surface area contributed by atoms with E-state index in [-0.39, 0.29) is 12.1 Å². The Bertz CT molecular complexity index is 568. The van der Waals surface area contributed by atoms with E-state index in [1.807, 2.05) is 6.92 Å². The normalized spacial score (nSPS) is 30.2. The minimum absolute atomic E-state index is 0.228. The summed E-state index contributed by atoms with van der Waals surface area (Å²) in [7, 11) is 0. The Morgan fingerprint density at radius 3 is 1.47 bits per heavy atom. The highest BCUT2D eigenvalue weighted by Crippen LogP contribution is 2.36. The highest BCUT2D eigenvalue weighted by molar-refractivity contribution is 5.80. The van der Waals surface area contributed by atoms with Crippen LogP contribution in [-0.4, -0.2) is 61.1 Å². The van der Waals surface area contributed by atoms with Gasteiger partial charge in [-0.15, -0.1) is 0 Å². The van der Waals surface area contributed by atoms with Gasteiger partial charge in [-0.3, -0.25) is 0 Å². The average molecular weight is 452 g/mol. The van der Waals surface area contributed by atoms with Crippen LogP contribution >= 0.6 is 0 Å². The summed E-state index contributed by atoms with van der Waals surface area (Å²) in [5.74, 6) is 1.60. The summed E-state index contributed by atoms with van der Waals surface area (Å²) < 4.78 is 9.21. The van der Waals surface area contributed by atoms with Crippen molar-refractivity contribution in [1.29, 1.82) is 0 Å². The molecule has 1 N–H and O–H groups in total. The third-order valence-corrected chi connectivity index (χ3v) is 6.16. The molecule has 2 saturated carbocycles. The lowest BCUT2D eigenvalue weighted by molar-refractivity contribution is 0.226. The maximum Gasteiger partial charge on any atom is 0.235 e. The predicted octanol–water partition coefficient (Wildman–Crippen LogP) is 4.83. The molecule has 4 rings (SSSR count). The Morgan fingerprint density at radius 1 is 0.906 bits per heavy atom. The van der Waals surface area contributed by atoms with Crippen LogP contribution in [0.25, 0.3) is 0 Å². The van der Waals surface area contributed by atoms with Crippen molar-refractivity contribution in [3.63, 3.8) is 0 Å². The van der Waals surface area contributed by atoms with Gasteiger partial charge in [0.2, 0.25) is 12.2 Å². The lowest BCUT2D eigenvalue weighted by Gasteiger charge is -2.31. The second kappa shape index (κ2) is 17.7. The molecule has 0 aromatic heterocycles. The molecule has 1 unspecified atom stereocenters. The molecule has 0 amide bonds. The van der Waals surface area contributed by atoms with Gasteiger partial charge in [-0.1, -0.05) is 12.1 Å². The van der Waals surface area contributed by atoms with Gasteiger partial charge in [-0.25, -0.2) is 19.6 Å². The van der Waals surface area contributed by atoms with Crippen molar-refractivity contribution in [3.05, 3.63) is 0 Å². The second-order valence-corrected chi connectivity index (χ2v) is 8.97. The lowest BCUT2D eigenvalue weighted by Crippen LogP contribution is -2.23. The molecule has 182 valence electrons. The smallest absolute Gasteiger partial charge is 0.235 e. The maximum atomic E-state index is 10.2. The number of carbonyl (C=O) groups excluding carboxylic acids is 2. The quantitative estimate of drug-likeness (QED) is 0.211. The molecule has 2 aliphatic carbocycles. The van der Waals surface area contributed by atoms with E-state index in [0.717, 1.165) is 69.5 Å². The van der Waals surface area contributed by atoms with Crippen LogP contribution in [0.3, 0.4) is 0 Å². The zero-order valence-corrected chi connectivity index (χ0v) is 20.0. The lowest BCUT2D eigenvalue weighted by atomic mass is 9.76. The van der Waals surface area contributed by atoms with E-state index < -0.39 is 0 Å². The van der Waals surface area contributed by atoms with E-state index in [1.165, 1.54) is 32.1 Å². The molecule has 32 heavy (non-hydrogen) atoms. The number of nitrogens with zero attached hydrogens (tertiary/aromatic N) is 3. The van der Waals surface area contributed by atoms with Crippen molar-refractivity contribution < 1.29 is 24.3 Å². The Morgan fingerprint density at radius 2 is 1.28 bits per heavy atom. The van der Waals surface area contributed by atoms with Crippen molar-refractivity contribution in [1.82, 2.24) is 0 Å². The van der Waals surface area contributed by atoms with E-state index in [9.17, 15) is 9.59 Å². The molecule has 0 spiro atoms. The molecule has 8 nitrogen and oxygen atoms in total. The largest absolute Gasteiger partial charge is 0.411 e. The van der Waals surface area contributed by atoms with Crippen LogP contribution < -0.4 is 0 Å². The first-order valence-electron chi connectivity index (χ1n) is 12.0. The highest BCUT2D eigenvalue weighted by Gasteiger charge is 2.26. The van der Waals surface area contributed by atoms with Gasteiger partial charge in [0.15, 0.2) is 0 Å². The van der Waals surface area contributed by atoms with E-state index in [2.05, 4.69) is 26.8 Å². The van der Waals surface area contributed by atoms with Crippen molar-refractivity contribution >= 4 is 17.9 Å². The van der Waals surface area contributed by atoms with E-state index >= 15 is 0 Å². The summed E-state index contributed by atoms with van der Waals surface area (Å²) in [5.41, 5.74) is 0.773. The summed E-state index contributed by atoms with van der Waals surface area (Å²) in [6, 6.07) is 0.456. The van der Waals surface area contributed by atoms with Gasteiger partial charge in [0, 0.05) is 0 Å². The number of aliphatic imine (C=N–C) groups is 2. The Kier molecular flexibility index (Phi) is 15.6. The molecule has 8 heteroatoms. The third kappa shape index (κ3) is 15.9. The predicted molar refractivity (Wildman–Crippen MR) is 124 cm³/mol. The van der Waals surface area contributed by atoms with Gasteiger partial charge in [-0.05, 0) is 89.9 Å². The van der Waals surface area contributed by atoms with Crippen LogP contribution in [0.2, 0.25) is 0 Å². The molecule has 0 aromatic carbocycles. The number of oxime groups is 1. The molecule has 2 aliphatic heterocycles. The van der Waals surface area contributed by atoms with Crippen LogP contribution in [0.1, 0.15) is 85.0 Å². The van der Waals surface area contributed by atoms with Gasteiger partial charge in [0.05, 0.1) is 43.7 Å². The summed E-state index contributed by atoms with van der Waals surface area (Å²) in [6.45, 7) is 8.76. The molecule has 0 bridgehead atoms. The number of hydrogen-bond acceptors (Lipinski definition) is 8. The number of isocyanates is 2. The van der Waals surface area contributed by atoms with Gasteiger partial charge < -0.3 is 14.7 Å². The maximum absolute atomic E-state index is 10.2. The summed E-state index contributed by atoms with van der Waals surface area (Å²) in [4.78, 5) is 28.1. The van der Waals surface area contributed by atoms with Crippen molar-refractivity contribution in [2.45, 2.75) is 103 Å². The minimum Gasteiger partial charge on any atom is -0.411 e. The monoisotopic (exact) mass is 451 g/mol. The zero-order chi connectivity index (χ0) is 23.6. The molecule has 4 fully saturated rings. The van der Waals surface area contributed by atoms with Gasteiger partial charge in [-0.2, -0.15) is 0 Å². The number of epoxide rings is 2. The molecule has 0 radical (unpaired) electrons. The van der Waals surface area contributed by atoms with E-state index in [4.69, 9.17) is 9.94 Å². The SMILES string of the molecule is C1CO1.CC1CO1.CCC(C)=NO.O=C=NC1CCC(CC2CCC(N=C=O)CC2)CC1. The standard InChI is InChI=1S/C15H22N2O2.C4H9NO.C3H6O.C2H4O/c18-10-16-14-5-1-12(2-6-14)9-13-3-7-15(8-4-13)17-11-19;1-3-4(2)5-6;1-3-2-4-3;1-2-3-1/h12-15H,1-9H2;6H,3H2,1-2H3;3H,2H2,1H3;1-2H2. The molecule has 2 heterocycles. The summed E-state index contributed by atoms with van der Waals surface area (Å²) >= 11 is 0. The Hall–Kier alpha value is -1.85. The second-order valence-electron chi connectivity index (χ2n) is 8.97. The number of hydrogen-bond donors (Lipinski definition) is 1. The fourth-order valence-electron chi connectivity index (χ4n) is 3.81. The fourth-order valence-corrected chi connectivity index (χ4v) is 3.81. The molecule has 1 atom stereocenters. The van der Waals surface area contributed by atoms with E-state index in [1.54, 1.807) is 19.1 Å². The van der Waals surface area contributed by atoms with Crippen molar-refractivity contribution in [2.24, 2.45) is 27.0 Å². The van der Waals surface area contributed by atoms with Crippen LogP contribution in [-0.2, 0) is 19.1 Å². The number of rotatable bonds is 5. The van der Waals surface area contributed by atoms with Crippen LogP contribution in [0.5, 0.6) is 0 Å². The van der Waals surface area contributed by atoms with Crippen molar-refractivity contribution in [2.75, 3.05) is 19.8 Å². The fraction of sp³-hybridized carbons (Fsp3) is 0.875. The van der Waals surface area contributed by atoms with Gasteiger partial charge in [0.25, 0.3) is 0 Å². The van der Waals surface area contributed by atoms with E-state index in [0.29, 0.717) is 6.10 Å². The summed E-state index contributed by atoms with van der Waals surface area (Å²) in [6.07, 6.45) is 15.1. The third-order valence-electron chi connectivity index (χ3n) is 6.16.